The summed E-state index contributed by atoms with van der Waals surface area (Å²) in [4.78, 5) is 10.7. The number of ketones is 1. The third kappa shape index (κ3) is 31.5. The van der Waals surface area contributed by atoms with Gasteiger partial charge in [0.1, 0.15) is 17.7 Å². The summed E-state index contributed by atoms with van der Waals surface area (Å²) >= 11 is 18.9. The lowest BCUT2D eigenvalue weighted by molar-refractivity contribution is -0.124. The monoisotopic (exact) mass is 1600 g/mol. The number of Topliss-reactive ketones (excluding diaryl/α,β-unsaturated/α-hetero) is 1. The zero-order valence-corrected chi connectivity index (χ0v) is 59.0. The van der Waals surface area contributed by atoms with E-state index in [1.807, 2.05) is 38.8 Å². The number of hydrogen-bond acceptors (Lipinski definition) is 22. The first-order chi connectivity index (χ1) is 44.4. The van der Waals surface area contributed by atoms with Crippen LogP contribution in [0.1, 0.15) is 193 Å². The van der Waals surface area contributed by atoms with Gasteiger partial charge >= 0.3 is 7.12 Å². The van der Waals surface area contributed by atoms with Crippen molar-refractivity contribution >= 4 is 102 Å². The second kappa shape index (κ2) is 47.9. The maximum Gasteiger partial charge on any atom is 0.498 e. The van der Waals surface area contributed by atoms with E-state index in [1.165, 1.54) is 12.1 Å². The van der Waals surface area contributed by atoms with Crippen LogP contribution in [-0.4, -0.2) is 192 Å². The summed E-state index contributed by atoms with van der Waals surface area (Å²) in [5.41, 5.74) is 8.01. The van der Waals surface area contributed by atoms with Gasteiger partial charge in [0.05, 0.1) is 93.4 Å². The van der Waals surface area contributed by atoms with E-state index in [9.17, 15) is 17.6 Å². The third-order valence-corrected chi connectivity index (χ3v) is 18.3. The summed E-state index contributed by atoms with van der Waals surface area (Å²) in [5, 5.41) is 37.5. The number of nitrogens with zero attached hydrogens (tertiary/aromatic N) is 10. The summed E-state index contributed by atoms with van der Waals surface area (Å²) in [6.07, 6.45) is 25.3. The molecule has 0 bridgehead atoms. The van der Waals surface area contributed by atoms with Crippen LogP contribution in [0.4, 0.5) is 10.2 Å². The highest BCUT2D eigenvalue weighted by molar-refractivity contribution is 9.10. The topological polar surface area (TPSA) is 294 Å². The van der Waals surface area contributed by atoms with E-state index in [0.717, 1.165) is 126 Å². The molecule has 8 aliphatic heterocycles. The highest BCUT2D eigenvalue weighted by Gasteiger charge is 2.52. The zero-order chi connectivity index (χ0) is 67.0. The lowest BCUT2D eigenvalue weighted by atomic mass is 9.82. The third-order valence-electron chi connectivity index (χ3n) is 16.1. The van der Waals surface area contributed by atoms with Crippen LogP contribution in [0.2, 0.25) is 10.0 Å². The number of aliphatic hydroxyl groups is 1. The first kappa shape index (κ1) is 95.6. The van der Waals surface area contributed by atoms with Gasteiger partial charge in [0.2, 0.25) is 0 Å². The quantitative estimate of drug-likeness (QED) is 0.0568. The van der Waals surface area contributed by atoms with E-state index in [2.05, 4.69) is 101 Å². The first-order valence-corrected chi connectivity index (χ1v) is 35.6. The van der Waals surface area contributed by atoms with E-state index in [1.54, 1.807) is 31.6 Å². The number of benzene rings is 1. The van der Waals surface area contributed by atoms with Crippen molar-refractivity contribution < 1.29 is 69.4 Å². The molecule has 1 aromatic carbocycles. The minimum atomic E-state index is -3.28. The maximum absolute atomic E-state index is 13.9. The van der Waals surface area contributed by atoms with Crippen LogP contribution in [0, 0.1) is 5.82 Å². The van der Waals surface area contributed by atoms with Gasteiger partial charge in [-0.25, -0.2) is 4.39 Å². The molecule has 0 spiro atoms. The number of halogens is 5. The van der Waals surface area contributed by atoms with Gasteiger partial charge in [-0.15, -0.1) is 10.2 Å². The molecule has 4 aromatic heterocycles. The molecular formula is C68H115BBr2Cl2FN11O14S. The fraction of sp³-hybridized carbons (Fsp3) is 0.676. The Morgan fingerprint density at radius 2 is 1.10 bits per heavy atom. The Morgan fingerprint density at radius 3 is 1.52 bits per heavy atom. The fourth-order valence-electron chi connectivity index (χ4n) is 10.0. The van der Waals surface area contributed by atoms with Crippen LogP contribution in [0.5, 0.6) is 5.75 Å². The van der Waals surface area contributed by atoms with Crippen molar-refractivity contribution in [3.8, 4) is 17.0 Å². The molecule has 570 valence electrons. The smallest absolute Gasteiger partial charge is 0.482 e. The Balaban J connectivity index is 0.00000122. The van der Waals surface area contributed by atoms with Crippen molar-refractivity contribution in [2.75, 3.05) is 91.3 Å². The first-order valence-electron chi connectivity index (χ1n) is 31.3. The number of carbonyl (C=O) groups is 1. The summed E-state index contributed by atoms with van der Waals surface area (Å²) in [6, 6.07) is 5.57. The minimum absolute atomic E-state index is 0. The van der Waals surface area contributed by atoms with Gasteiger partial charge in [-0.05, 0) is 127 Å². The van der Waals surface area contributed by atoms with Crippen LogP contribution in [0.15, 0.2) is 70.1 Å². The number of ether oxygens (including phenoxy) is 7. The molecular weight excluding hydrogens is 1490 g/mol. The predicted molar refractivity (Wildman–Crippen MR) is 406 cm³/mol. The second-order valence-corrected chi connectivity index (χ2v) is 28.2. The number of rotatable bonds is 10. The van der Waals surface area contributed by atoms with Crippen LogP contribution in [0.3, 0.4) is 0 Å². The van der Waals surface area contributed by atoms with E-state index in [0.29, 0.717) is 98.0 Å². The largest absolute Gasteiger partial charge is 0.498 e. The molecule has 7 saturated heterocycles. The van der Waals surface area contributed by atoms with Crippen molar-refractivity contribution in [3.63, 3.8) is 0 Å². The van der Waals surface area contributed by atoms with Gasteiger partial charge in [0.15, 0.2) is 11.6 Å². The summed E-state index contributed by atoms with van der Waals surface area (Å²) in [7, 11) is -3.60. The molecule has 1 unspecified atom stereocenters. The summed E-state index contributed by atoms with van der Waals surface area (Å²) in [5.74, 6) is 0.161. The Morgan fingerprint density at radius 1 is 0.660 bits per heavy atom. The Kier molecular flexibility index (Phi) is 45.8. The number of aromatic nitrogens is 8. The molecule has 8 aliphatic rings. The van der Waals surface area contributed by atoms with Gasteiger partial charge in [-0.1, -0.05) is 91.1 Å². The maximum atomic E-state index is 13.9. The Bertz CT molecular complexity index is 3220. The van der Waals surface area contributed by atoms with Crippen LogP contribution in [0.25, 0.3) is 11.3 Å². The second-order valence-electron chi connectivity index (χ2n) is 23.8. The molecule has 32 heteroatoms. The molecule has 0 aliphatic carbocycles. The van der Waals surface area contributed by atoms with Crippen molar-refractivity contribution in [3.05, 3.63) is 81.3 Å². The highest BCUT2D eigenvalue weighted by Crippen LogP contribution is 2.38. The lowest BCUT2D eigenvalue weighted by Crippen LogP contribution is -2.41. The van der Waals surface area contributed by atoms with Crippen LogP contribution >= 0.6 is 55.1 Å². The summed E-state index contributed by atoms with van der Waals surface area (Å²) in [6.45, 7) is 18.7. The molecule has 0 amide bonds. The van der Waals surface area contributed by atoms with Crippen LogP contribution < -0.4 is 15.9 Å². The van der Waals surface area contributed by atoms with Gasteiger partial charge in [-0.2, -0.15) is 33.9 Å². The number of carbonyl (C=O) groups excluding carboxylic acids is 1. The van der Waals surface area contributed by atoms with E-state index in [-0.39, 0.29) is 98.2 Å². The number of aliphatic hydroxyl groups excluding tert-OH is 1. The zero-order valence-electron chi connectivity index (χ0n) is 53.5. The average Bonchev–Trinajstić information content (AvgIpc) is 1.61. The predicted octanol–water partition coefficient (Wildman–Crippen LogP) is 14.3. The Labute approximate surface area is 622 Å². The number of anilines is 1. The van der Waals surface area contributed by atoms with Gasteiger partial charge in [-0.3, -0.25) is 23.0 Å². The lowest BCUT2D eigenvalue weighted by Gasteiger charge is -2.32. The molecule has 12 heterocycles. The van der Waals surface area contributed by atoms with Crippen molar-refractivity contribution in [1.82, 2.24) is 39.5 Å². The molecule has 25 nitrogen and oxygen atoms in total. The SMILES string of the molecule is BrC1C=NN=C1.Brc1cnn(C2CCOCC2)c1.C.C.C.C.C.C.C.CC(Oc1cc(-c2cnn(C3CCOCC3)c2)nnc1N)c1c(Cl)ccc(F)c1Cl.CC1(C)OB(c2cnn(C3CCOCC3)c2)OC1(C)C.CS(=O)(=O)OC1CCOCC1.O=C1CCOCC1.OC1CCOCC1. The molecule has 7 fully saturated rings. The average molecular weight is 1600 g/mol. The van der Waals surface area contributed by atoms with Crippen LogP contribution in [-0.2, 0) is 56.8 Å². The highest BCUT2D eigenvalue weighted by atomic mass is 79.9. The van der Waals surface area contributed by atoms with Gasteiger partial charge in [0.25, 0.3) is 10.1 Å². The number of nitrogen functional groups attached to an aromatic ring is 1. The molecule has 1 atom stereocenters. The number of nitrogens with two attached hydrogens (primary N) is 1. The fourth-order valence-corrected chi connectivity index (χ4v) is 11.9. The molecule has 3 N–H and O–H groups in total. The minimum Gasteiger partial charge on any atom is -0.482 e. The molecule has 0 saturated carbocycles. The number of alkyl halides is 1. The molecule has 100 heavy (non-hydrogen) atoms. The van der Waals surface area contributed by atoms with E-state index >= 15 is 0 Å². The van der Waals surface area contributed by atoms with Crippen molar-refractivity contribution in [2.45, 2.75) is 216 Å². The van der Waals surface area contributed by atoms with Gasteiger partial charge < -0.3 is 53.3 Å². The molecule has 13 rings (SSSR count). The number of hydrogen-bond donors (Lipinski definition) is 2. The van der Waals surface area contributed by atoms with E-state index < -0.39 is 22.0 Å². The normalized spacial score (nSPS) is 19.3. The van der Waals surface area contributed by atoms with Gasteiger partial charge in [0, 0.05) is 144 Å². The van der Waals surface area contributed by atoms with E-state index in [4.69, 9.17) is 80.7 Å². The molecule has 0 radical (unpaired) electrons. The van der Waals surface area contributed by atoms with Crippen molar-refractivity contribution in [1.29, 1.82) is 0 Å². The molecule has 5 aromatic rings. The summed E-state index contributed by atoms with van der Waals surface area (Å²) < 4.78 is 96.0. The Hall–Kier alpha value is -4.38. The van der Waals surface area contributed by atoms with Crippen molar-refractivity contribution in [2.24, 2.45) is 10.2 Å². The standard InChI is InChI=1S/C20H20Cl2FN5O2.C14H23BN2O3.C8H11BrN2O.C6H12O4S.C5H10O2.C5H8O2.C3H3BrN2.7CH4/c1-11(18-14(21)2-3-15(23)19(18)22)30-17-8-16(26-27-20(17)24)12-9-25-28(10-12)13-4-6-29-7-5-13;1-13(2)14(3,4)20-15(19-13)11-9-16-17(10-11)12-5-7-18-8-6-12;9-7-5-10-11(6-7)8-1-3-12-4-2-8;1-11(7,8)10-6-2-4-9-5-3-6;2*6-5-1-3-7-4-2-5;4-3-1-5-6-2-3;;;;;;;/h2-3,8-11,13H,4-7H2,1H3,(H2,24,27);9-10,12H,5-8H2,1-4H3;5-6,8H,1-4H2;6H,2-5H2,1H3;5-6H,1-4H2;1-4H2;1-3H;7*1H4.